The average Bonchev–Trinajstić information content (AvgIpc) is 2.36. The second-order valence-corrected chi connectivity index (χ2v) is 5.36. The number of aryl methyl sites for hydroxylation is 2. The third kappa shape index (κ3) is 3.64. The number of aromatic amines is 1. The molecule has 5 nitrogen and oxygen atoms in total. The van der Waals surface area contributed by atoms with Crippen LogP contribution in [-0.2, 0) is 4.74 Å². The first-order valence-corrected chi connectivity index (χ1v) is 6.96. The van der Waals surface area contributed by atoms with Gasteiger partial charge in [-0.05, 0) is 39.5 Å². The van der Waals surface area contributed by atoms with Gasteiger partial charge in [0.15, 0.2) is 0 Å². The minimum atomic E-state index is -0.0371. The van der Waals surface area contributed by atoms with Crippen molar-refractivity contribution in [2.24, 2.45) is 5.92 Å². The van der Waals surface area contributed by atoms with Crippen LogP contribution in [0.3, 0.4) is 0 Å². The minimum Gasteiger partial charge on any atom is -0.381 e. The molecule has 1 aromatic heterocycles. The highest BCUT2D eigenvalue weighted by Crippen LogP contribution is 2.15. The van der Waals surface area contributed by atoms with Gasteiger partial charge >= 0.3 is 0 Å². The predicted octanol–water partition coefficient (Wildman–Crippen LogP) is 1.46. The summed E-state index contributed by atoms with van der Waals surface area (Å²) in [5.74, 6) is 1.22. The maximum atomic E-state index is 12.0. The van der Waals surface area contributed by atoms with Gasteiger partial charge in [0.1, 0.15) is 5.82 Å². The molecule has 0 radical (unpaired) electrons. The first kappa shape index (κ1) is 14.2. The van der Waals surface area contributed by atoms with Crippen molar-refractivity contribution in [3.05, 3.63) is 27.4 Å². The topological polar surface area (TPSA) is 67.0 Å². The molecule has 2 atom stereocenters. The smallest absolute Gasteiger partial charge is 0.255 e. The zero-order chi connectivity index (χ0) is 13.8. The summed E-state index contributed by atoms with van der Waals surface area (Å²) in [7, 11) is 0. The van der Waals surface area contributed by atoms with Crippen molar-refractivity contribution in [3.63, 3.8) is 0 Å². The fourth-order valence-corrected chi connectivity index (χ4v) is 2.66. The number of hydrogen-bond acceptors (Lipinski definition) is 4. The lowest BCUT2D eigenvalue weighted by Crippen LogP contribution is -2.33. The van der Waals surface area contributed by atoms with E-state index >= 15 is 0 Å². The van der Waals surface area contributed by atoms with Gasteiger partial charge in [-0.15, -0.1) is 0 Å². The normalized spacial score (nSPS) is 21.3. The van der Waals surface area contributed by atoms with Gasteiger partial charge in [-0.2, -0.15) is 0 Å². The summed E-state index contributed by atoms with van der Waals surface area (Å²) in [6, 6.07) is 0.0128. The van der Waals surface area contributed by atoms with E-state index in [1.165, 1.54) is 6.42 Å². The molecule has 1 aromatic rings. The van der Waals surface area contributed by atoms with Crippen molar-refractivity contribution in [1.29, 1.82) is 0 Å². The van der Waals surface area contributed by atoms with Gasteiger partial charge < -0.3 is 15.0 Å². The number of rotatable bonds is 4. The molecular formula is C14H23N3O2. The Morgan fingerprint density at radius 3 is 2.95 bits per heavy atom. The Labute approximate surface area is 113 Å². The van der Waals surface area contributed by atoms with Gasteiger partial charge in [0.2, 0.25) is 0 Å². The van der Waals surface area contributed by atoms with Crippen molar-refractivity contribution in [2.45, 2.75) is 39.7 Å². The van der Waals surface area contributed by atoms with Crippen LogP contribution in [0.2, 0.25) is 0 Å². The third-order valence-electron chi connectivity index (χ3n) is 3.66. The van der Waals surface area contributed by atoms with Crippen molar-refractivity contribution < 1.29 is 4.74 Å². The molecule has 0 aromatic carbocycles. The summed E-state index contributed by atoms with van der Waals surface area (Å²) in [6.45, 7) is 8.29. The summed E-state index contributed by atoms with van der Waals surface area (Å²) in [4.78, 5) is 19.1. The zero-order valence-corrected chi connectivity index (χ0v) is 12.0. The number of H-pyrrole nitrogens is 1. The molecule has 0 spiro atoms. The van der Waals surface area contributed by atoms with Crippen LogP contribution in [0.1, 0.15) is 42.9 Å². The van der Waals surface area contributed by atoms with E-state index < -0.39 is 0 Å². The van der Waals surface area contributed by atoms with E-state index in [9.17, 15) is 4.79 Å². The fraction of sp³-hybridized carbons (Fsp3) is 0.714. The Morgan fingerprint density at radius 1 is 1.53 bits per heavy atom. The highest BCUT2D eigenvalue weighted by Gasteiger charge is 2.18. The lowest BCUT2D eigenvalue weighted by Gasteiger charge is -2.24. The first-order valence-electron chi connectivity index (χ1n) is 6.96. The summed E-state index contributed by atoms with van der Waals surface area (Å²) in [5, 5.41) is 3.43. The Hall–Kier alpha value is -1.20. The van der Waals surface area contributed by atoms with Crippen molar-refractivity contribution >= 4 is 0 Å². The first-order chi connectivity index (χ1) is 9.08. The van der Waals surface area contributed by atoms with Gasteiger partial charge in [-0.3, -0.25) is 4.79 Å². The van der Waals surface area contributed by atoms with Crippen LogP contribution in [0.5, 0.6) is 0 Å². The molecule has 2 heterocycles. The summed E-state index contributed by atoms with van der Waals surface area (Å²) < 4.78 is 5.46. The van der Waals surface area contributed by atoms with Crippen LogP contribution in [-0.4, -0.2) is 29.7 Å². The summed E-state index contributed by atoms with van der Waals surface area (Å²) >= 11 is 0. The molecule has 1 aliphatic heterocycles. The molecule has 0 bridgehead atoms. The zero-order valence-electron chi connectivity index (χ0n) is 12.0. The van der Waals surface area contributed by atoms with Crippen LogP contribution >= 0.6 is 0 Å². The quantitative estimate of drug-likeness (QED) is 0.865. The van der Waals surface area contributed by atoms with E-state index in [1.807, 2.05) is 13.8 Å². The Morgan fingerprint density at radius 2 is 2.32 bits per heavy atom. The van der Waals surface area contributed by atoms with E-state index in [-0.39, 0.29) is 11.6 Å². The molecule has 2 unspecified atom stereocenters. The van der Waals surface area contributed by atoms with E-state index in [4.69, 9.17) is 4.74 Å². The standard InChI is InChI=1S/C14H23N3O2/c1-9(15-7-12-5-4-6-19-8-12)13-10(2)16-11(3)17-14(13)18/h9,12,15H,4-8H2,1-3H3,(H,16,17,18). The molecular weight excluding hydrogens is 242 g/mol. The highest BCUT2D eigenvalue weighted by molar-refractivity contribution is 5.19. The molecule has 0 amide bonds. The van der Waals surface area contributed by atoms with Gasteiger partial charge in [0.25, 0.3) is 5.56 Å². The highest BCUT2D eigenvalue weighted by atomic mass is 16.5. The fourth-order valence-electron chi connectivity index (χ4n) is 2.66. The van der Waals surface area contributed by atoms with Crippen LogP contribution < -0.4 is 10.9 Å². The van der Waals surface area contributed by atoms with Crippen molar-refractivity contribution in [3.8, 4) is 0 Å². The summed E-state index contributed by atoms with van der Waals surface area (Å²) in [5.41, 5.74) is 1.51. The lowest BCUT2D eigenvalue weighted by atomic mass is 10.0. The SMILES string of the molecule is Cc1nc(C)c(C(C)NCC2CCCOC2)c(=O)[nH]1. The number of hydrogen-bond donors (Lipinski definition) is 2. The molecule has 19 heavy (non-hydrogen) atoms. The second-order valence-electron chi connectivity index (χ2n) is 5.36. The molecule has 1 saturated heterocycles. The van der Waals surface area contributed by atoms with Gasteiger partial charge in [-0.25, -0.2) is 4.98 Å². The van der Waals surface area contributed by atoms with Gasteiger partial charge in [-0.1, -0.05) is 0 Å². The van der Waals surface area contributed by atoms with Gasteiger partial charge in [0, 0.05) is 24.9 Å². The molecule has 1 fully saturated rings. The van der Waals surface area contributed by atoms with E-state index in [0.29, 0.717) is 11.7 Å². The van der Waals surface area contributed by atoms with Crippen LogP contribution in [0.15, 0.2) is 4.79 Å². The monoisotopic (exact) mass is 265 g/mol. The van der Waals surface area contributed by atoms with Crippen molar-refractivity contribution in [2.75, 3.05) is 19.8 Å². The van der Waals surface area contributed by atoms with Gasteiger partial charge in [0.05, 0.1) is 12.2 Å². The number of ether oxygens (including phenoxy) is 1. The molecule has 0 saturated carbocycles. The Bertz CT molecular complexity index is 478. The molecule has 2 N–H and O–H groups in total. The average molecular weight is 265 g/mol. The number of aromatic nitrogens is 2. The molecule has 5 heteroatoms. The third-order valence-corrected chi connectivity index (χ3v) is 3.66. The Kier molecular flexibility index (Phi) is 4.71. The number of nitrogens with zero attached hydrogens (tertiary/aromatic N) is 1. The van der Waals surface area contributed by atoms with E-state index in [2.05, 4.69) is 15.3 Å². The van der Waals surface area contributed by atoms with Crippen LogP contribution in [0.25, 0.3) is 0 Å². The van der Waals surface area contributed by atoms with E-state index in [1.54, 1.807) is 6.92 Å². The van der Waals surface area contributed by atoms with Crippen LogP contribution in [0, 0.1) is 19.8 Å². The number of nitrogens with one attached hydrogen (secondary N) is 2. The molecule has 0 aliphatic carbocycles. The molecule has 2 rings (SSSR count). The second kappa shape index (κ2) is 6.30. The van der Waals surface area contributed by atoms with Crippen molar-refractivity contribution in [1.82, 2.24) is 15.3 Å². The van der Waals surface area contributed by atoms with E-state index in [0.717, 1.165) is 37.4 Å². The minimum absolute atomic E-state index is 0.0128. The predicted molar refractivity (Wildman–Crippen MR) is 74.3 cm³/mol. The maximum Gasteiger partial charge on any atom is 0.255 e. The Balaban J connectivity index is 1.99. The molecule has 1 aliphatic rings. The summed E-state index contributed by atoms with van der Waals surface area (Å²) in [6.07, 6.45) is 2.33. The molecule has 106 valence electrons. The largest absolute Gasteiger partial charge is 0.381 e. The maximum absolute atomic E-state index is 12.0. The lowest BCUT2D eigenvalue weighted by molar-refractivity contribution is 0.0540. The van der Waals surface area contributed by atoms with Crippen LogP contribution in [0.4, 0.5) is 0 Å².